The standard InChI is InChI=1S/C15H13NO3S2/c17-12(7-16-15(18)10-3-5-19-8-10)14-2-1-13(21-14)11-4-6-20-9-11/h1-6,8-9,12,17H,7H2,(H,16,18). The molecule has 3 aromatic heterocycles. The topological polar surface area (TPSA) is 62.5 Å². The van der Waals surface area contributed by atoms with Crippen molar-refractivity contribution >= 4 is 28.6 Å². The molecule has 3 aromatic rings. The van der Waals surface area contributed by atoms with Gasteiger partial charge in [-0.05, 0) is 35.0 Å². The van der Waals surface area contributed by atoms with Crippen molar-refractivity contribution in [1.29, 1.82) is 0 Å². The van der Waals surface area contributed by atoms with Crippen molar-refractivity contribution in [3.05, 3.63) is 58.0 Å². The van der Waals surface area contributed by atoms with Gasteiger partial charge in [-0.15, -0.1) is 11.3 Å². The SMILES string of the molecule is O=C(NCC(O)c1ccc(-c2ccsc2)s1)c1ccoc1. The van der Waals surface area contributed by atoms with E-state index in [0.29, 0.717) is 5.56 Å². The summed E-state index contributed by atoms with van der Waals surface area (Å²) < 4.78 is 4.85. The predicted octanol–water partition coefficient (Wildman–Crippen LogP) is 3.53. The Bertz CT molecular complexity index is 701. The number of hydrogen-bond donors (Lipinski definition) is 2. The molecule has 0 saturated heterocycles. The number of hydrogen-bond acceptors (Lipinski definition) is 5. The van der Waals surface area contributed by atoms with Crippen molar-refractivity contribution in [2.24, 2.45) is 0 Å². The van der Waals surface area contributed by atoms with Crippen LogP contribution in [0.3, 0.4) is 0 Å². The molecule has 0 aromatic carbocycles. The van der Waals surface area contributed by atoms with Crippen LogP contribution in [-0.4, -0.2) is 17.6 Å². The number of rotatable bonds is 5. The van der Waals surface area contributed by atoms with E-state index in [1.165, 1.54) is 23.9 Å². The molecule has 6 heteroatoms. The first-order valence-electron chi connectivity index (χ1n) is 6.35. The lowest BCUT2D eigenvalue weighted by atomic mass is 10.2. The second-order valence-electron chi connectivity index (χ2n) is 4.45. The van der Waals surface area contributed by atoms with Crippen LogP contribution in [0, 0.1) is 0 Å². The minimum atomic E-state index is -0.710. The number of amides is 1. The number of aliphatic hydroxyl groups excluding tert-OH is 1. The minimum absolute atomic E-state index is 0.174. The van der Waals surface area contributed by atoms with Gasteiger partial charge >= 0.3 is 0 Å². The van der Waals surface area contributed by atoms with Crippen LogP contribution in [0.2, 0.25) is 0 Å². The van der Waals surface area contributed by atoms with Gasteiger partial charge in [-0.1, -0.05) is 0 Å². The molecule has 1 atom stereocenters. The summed E-state index contributed by atoms with van der Waals surface area (Å²) in [5.41, 5.74) is 1.61. The maximum Gasteiger partial charge on any atom is 0.254 e. The summed E-state index contributed by atoms with van der Waals surface area (Å²) in [4.78, 5) is 13.7. The monoisotopic (exact) mass is 319 g/mol. The van der Waals surface area contributed by atoms with E-state index < -0.39 is 6.10 Å². The van der Waals surface area contributed by atoms with Crippen molar-refractivity contribution in [1.82, 2.24) is 5.32 Å². The van der Waals surface area contributed by atoms with Crippen LogP contribution in [-0.2, 0) is 0 Å². The molecule has 0 spiro atoms. The minimum Gasteiger partial charge on any atom is -0.472 e. The molecule has 108 valence electrons. The Balaban J connectivity index is 1.61. The van der Waals surface area contributed by atoms with Gasteiger partial charge in [0.2, 0.25) is 0 Å². The van der Waals surface area contributed by atoms with Gasteiger partial charge in [-0.2, -0.15) is 11.3 Å². The molecule has 4 nitrogen and oxygen atoms in total. The van der Waals surface area contributed by atoms with E-state index in [1.54, 1.807) is 17.4 Å². The van der Waals surface area contributed by atoms with E-state index in [9.17, 15) is 9.90 Å². The summed E-state index contributed by atoms with van der Waals surface area (Å²) in [6.07, 6.45) is 2.11. The van der Waals surface area contributed by atoms with Gasteiger partial charge in [-0.25, -0.2) is 0 Å². The molecule has 21 heavy (non-hydrogen) atoms. The highest BCUT2D eigenvalue weighted by atomic mass is 32.1. The van der Waals surface area contributed by atoms with Crippen LogP contribution in [0.25, 0.3) is 10.4 Å². The zero-order valence-electron chi connectivity index (χ0n) is 11.0. The second-order valence-corrected chi connectivity index (χ2v) is 6.35. The fourth-order valence-electron chi connectivity index (χ4n) is 1.88. The number of carbonyl (C=O) groups excluding carboxylic acids is 1. The summed E-state index contributed by atoms with van der Waals surface area (Å²) in [5.74, 6) is -0.252. The number of furan rings is 1. The summed E-state index contributed by atoms with van der Waals surface area (Å²) in [6.45, 7) is 0.174. The van der Waals surface area contributed by atoms with Gasteiger partial charge in [0, 0.05) is 21.9 Å². The highest BCUT2D eigenvalue weighted by Gasteiger charge is 2.14. The van der Waals surface area contributed by atoms with Crippen molar-refractivity contribution < 1.29 is 14.3 Å². The molecule has 3 rings (SSSR count). The van der Waals surface area contributed by atoms with Gasteiger partial charge in [0.1, 0.15) is 12.4 Å². The van der Waals surface area contributed by atoms with Gasteiger partial charge in [0.05, 0.1) is 11.8 Å². The van der Waals surface area contributed by atoms with E-state index in [-0.39, 0.29) is 12.5 Å². The molecule has 0 aliphatic carbocycles. The molecule has 0 aliphatic rings. The van der Waals surface area contributed by atoms with Crippen molar-refractivity contribution in [3.8, 4) is 10.4 Å². The fourth-order valence-corrected chi connectivity index (χ4v) is 3.60. The molecule has 0 bridgehead atoms. The summed E-state index contributed by atoms with van der Waals surface area (Å²) in [5, 5.41) is 16.9. The molecule has 0 radical (unpaired) electrons. The quantitative estimate of drug-likeness (QED) is 0.756. The summed E-state index contributed by atoms with van der Waals surface area (Å²) in [7, 11) is 0. The van der Waals surface area contributed by atoms with Gasteiger partial charge in [0.15, 0.2) is 0 Å². The van der Waals surface area contributed by atoms with Crippen LogP contribution in [0.5, 0.6) is 0 Å². The van der Waals surface area contributed by atoms with Crippen molar-refractivity contribution in [2.75, 3.05) is 6.54 Å². The first-order valence-corrected chi connectivity index (χ1v) is 8.11. The first-order chi connectivity index (χ1) is 10.2. The molecule has 0 aliphatic heterocycles. The highest BCUT2D eigenvalue weighted by molar-refractivity contribution is 7.16. The van der Waals surface area contributed by atoms with E-state index >= 15 is 0 Å². The van der Waals surface area contributed by atoms with E-state index in [1.807, 2.05) is 23.6 Å². The maximum atomic E-state index is 11.8. The third-order valence-electron chi connectivity index (χ3n) is 3.00. The van der Waals surface area contributed by atoms with Gasteiger partial charge < -0.3 is 14.8 Å². The molecule has 1 unspecified atom stereocenters. The molecule has 3 heterocycles. The van der Waals surface area contributed by atoms with Crippen molar-refractivity contribution in [2.45, 2.75) is 6.10 Å². The number of nitrogens with one attached hydrogen (secondary N) is 1. The van der Waals surface area contributed by atoms with E-state index in [0.717, 1.165) is 15.3 Å². The van der Waals surface area contributed by atoms with Crippen LogP contribution >= 0.6 is 22.7 Å². The predicted molar refractivity (Wildman–Crippen MR) is 83.6 cm³/mol. The van der Waals surface area contributed by atoms with Crippen LogP contribution in [0.4, 0.5) is 0 Å². The van der Waals surface area contributed by atoms with E-state index in [2.05, 4.69) is 10.7 Å². The lowest BCUT2D eigenvalue weighted by Crippen LogP contribution is -2.27. The summed E-state index contributed by atoms with van der Waals surface area (Å²) >= 11 is 3.18. The second kappa shape index (κ2) is 6.26. The fraction of sp³-hybridized carbons (Fsp3) is 0.133. The molecule has 0 fully saturated rings. The molecular weight excluding hydrogens is 306 g/mol. The Hall–Kier alpha value is -1.89. The summed E-state index contributed by atoms with van der Waals surface area (Å²) in [6, 6.07) is 7.52. The average molecular weight is 319 g/mol. The third kappa shape index (κ3) is 3.24. The number of thiophene rings is 2. The normalized spacial score (nSPS) is 12.2. The van der Waals surface area contributed by atoms with Crippen LogP contribution < -0.4 is 5.32 Å². The zero-order chi connectivity index (χ0) is 14.7. The average Bonchev–Trinajstić information content (AvgIpc) is 3.25. The van der Waals surface area contributed by atoms with Gasteiger partial charge in [-0.3, -0.25) is 4.79 Å². The molecule has 2 N–H and O–H groups in total. The van der Waals surface area contributed by atoms with Gasteiger partial charge in [0.25, 0.3) is 5.91 Å². The Labute approximate surface area is 129 Å². The Morgan fingerprint density at radius 2 is 2.24 bits per heavy atom. The number of carbonyl (C=O) groups is 1. The largest absolute Gasteiger partial charge is 0.472 e. The molecular formula is C15H13NO3S2. The zero-order valence-corrected chi connectivity index (χ0v) is 12.6. The molecule has 0 saturated carbocycles. The highest BCUT2D eigenvalue weighted by Crippen LogP contribution is 2.32. The van der Waals surface area contributed by atoms with Crippen LogP contribution in [0.15, 0.2) is 52.0 Å². The maximum absolute atomic E-state index is 11.8. The van der Waals surface area contributed by atoms with E-state index in [4.69, 9.17) is 4.42 Å². The first kappa shape index (κ1) is 14.1. The third-order valence-corrected chi connectivity index (χ3v) is 4.92. The molecule has 1 amide bonds. The Morgan fingerprint density at radius 1 is 1.33 bits per heavy atom. The Morgan fingerprint density at radius 3 is 2.95 bits per heavy atom. The lowest BCUT2D eigenvalue weighted by molar-refractivity contribution is 0.0917. The number of aliphatic hydroxyl groups is 1. The lowest BCUT2D eigenvalue weighted by Gasteiger charge is -2.09. The Kier molecular flexibility index (Phi) is 4.19. The van der Waals surface area contributed by atoms with Crippen LogP contribution in [0.1, 0.15) is 21.3 Å². The smallest absolute Gasteiger partial charge is 0.254 e. The van der Waals surface area contributed by atoms with Crippen molar-refractivity contribution in [3.63, 3.8) is 0 Å².